The fourth-order valence-electron chi connectivity index (χ4n) is 2.27. The van der Waals surface area contributed by atoms with E-state index in [2.05, 4.69) is 5.32 Å². The number of hydrogen-bond donors (Lipinski definition) is 2. The van der Waals surface area contributed by atoms with Crippen LogP contribution in [0.25, 0.3) is 0 Å². The average Bonchev–Trinajstić information content (AvgIpc) is 3.05. The molecule has 0 aromatic heterocycles. The Labute approximate surface area is 148 Å². The van der Waals surface area contributed by atoms with Crippen molar-refractivity contribution in [1.29, 1.82) is 0 Å². The van der Waals surface area contributed by atoms with Crippen LogP contribution in [-0.4, -0.2) is 30.4 Å². The van der Waals surface area contributed by atoms with E-state index in [4.69, 9.17) is 30.9 Å². The van der Waals surface area contributed by atoms with Gasteiger partial charge in [0.15, 0.2) is 18.1 Å². The molecule has 0 unspecified atom stereocenters. The van der Waals surface area contributed by atoms with E-state index in [1.54, 1.807) is 12.1 Å². The summed E-state index contributed by atoms with van der Waals surface area (Å²) in [6, 6.07) is 9.79. The summed E-state index contributed by atoms with van der Waals surface area (Å²) >= 11 is 5.88. The molecule has 25 heavy (non-hydrogen) atoms. The van der Waals surface area contributed by atoms with Crippen molar-refractivity contribution < 1.29 is 28.9 Å². The van der Waals surface area contributed by atoms with Crippen molar-refractivity contribution in [2.24, 2.45) is 0 Å². The lowest BCUT2D eigenvalue weighted by Crippen LogP contribution is -2.24. The van der Waals surface area contributed by atoms with Gasteiger partial charge in [0, 0.05) is 11.6 Å². The minimum Gasteiger partial charge on any atom is -0.481 e. The van der Waals surface area contributed by atoms with Gasteiger partial charge < -0.3 is 24.6 Å². The van der Waals surface area contributed by atoms with Crippen LogP contribution in [0.2, 0.25) is 5.02 Å². The van der Waals surface area contributed by atoms with E-state index in [-0.39, 0.29) is 24.7 Å². The van der Waals surface area contributed by atoms with Crippen LogP contribution >= 0.6 is 11.6 Å². The molecule has 1 aliphatic rings. The lowest BCUT2D eigenvalue weighted by Gasteiger charge is -2.11. The van der Waals surface area contributed by atoms with Gasteiger partial charge in [-0.05, 0) is 35.9 Å². The largest absolute Gasteiger partial charge is 0.481 e. The predicted molar refractivity (Wildman–Crippen MR) is 88.3 cm³/mol. The molecule has 1 amide bonds. The Morgan fingerprint density at radius 3 is 2.76 bits per heavy atom. The number of ether oxygens (including phenoxy) is 3. The number of carboxylic acids is 1. The van der Waals surface area contributed by atoms with Crippen LogP contribution in [0.4, 0.5) is 0 Å². The van der Waals surface area contributed by atoms with Gasteiger partial charge in [-0.25, -0.2) is 4.79 Å². The Balaban J connectivity index is 1.69. The summed E-state index contributed by atoms with van der Waals surface area (Å²) in [6.45, 7) is -0.126. The molecule has 1 heterocycles. The highest BCUT2D eigenvalue weighted by atomic mass is 35.5. The van der Waals surface area contributed by atoms with Crippen LogP contribution in [-0.2, 0) is 11.3 Å². The molecular formula is C17H14ClNO6. The van der Waals surface area contributed by atoms with E-state index in [0.717, 1.165) is 5.56 Å². The molecule has 2 aromatic carbocycles. The molecule has 7 nitrogen and oxygen atoms in total. The zero-order valence-electron chi connectivity index (χ0n) is 13.0. The standard InChI is InChI=1S/C17H14ClNO6/c18-11-2-3-12(14(6-11)23-8-16(20)21)17(22)19-7-10-1-4-13-15(5-10)25-9-24-13/h1-6H,7-9H2,(H,19,22)(H,20,21). The molecule has 0 saturated heterocycles. The molecule has 2 N–H and O–H groups in total. The summed E-state index contributed by atoms with van der Waals surface area (Å²) in [5, 5.41) is 11.8. The number of halogens is 1. The summed E-state index contributed by atoms with van der Waals surface area (Å²) in [7, 11) is 0. The number of carbonyl (C=O) groups is 2. The van der Waals surface area contributed by atoms with Crippen molar-refractivity contribution >= 4 is 23.5 Å². The molecule has 0 saturated carbocycles. The van der Waals surface area contributed by atoms with Gasteiger partial charge in [0.2, 0.25) is 6.79 Å². The number of aliphatic carboxylic acids is 1. The predicted octanol–water partition coefficient (Wildman–Crippen LogP) is 2.46. The lowest BCUT2D eigenvalue weighted by molar-refractivity contribution is -0.139. The van der Waals surface area contributed by atoms with Crippen molar-refractivity contribution in [1.82, 2.24) is 5.32 Å². The Kier molecular flexibility index (Phi) is 4.95. The van der Waals surface area contributed by atoms with Gasteiger partial charge in [-0.15, -0.1) is 0 Å². The summed E-state index contributed by atoms with van der Waals surface area (Å²) in [5.41, 5.74) is 1.03. The smallest absolute Gasteiger partial charge is 0.341 e. The quantitative estimate of drug-likeness (QED) is 0.818. The maximum Gasteiger partial charge on any atom is 0.341 e. The number of amides is 1. The number of hydrogen-bond acceptors (Lipinski definition) is 5. The van der Waals surface area contributed by atoms with Crippen LogP contribution in [0.3, 0.4) is 0 Å². The Bertz CT molecular complexity index is 823. The number of nitrogens with one attached hydrogen (secondary N) is 1. The monoisotopic (exact) mass is 363 g/mol. The molecular weight excluding hydrogens is 350 g/mol. The molecule has 0 aliphatic carbocycles. The Morgan fingerprint density at radius 2 is 1.96 bits per heavy atom. The third kappa shape index (κ3) is 4.13. The lowest BCUT2D eigenvalue weighted by atomic mass is 10.1. The topological polar surface area (TPSA) is 94.1 Å². The fraction of sp³-hybridized carbons (Fsp3) is 0.176. The van der Waals surface area contributed by atoms with Gasteiger partial charge in [-0.2, -0.15) is 0 Å². The zero-order valence-corrected chi connectivity index (χ0v) is 13.7. The molecule has 0 atom stereocenters. The van der Waals surface area contributed by atoms with Gasteiger partial charge >= 0.3 is 5.97 Å². The van der Waals surface area contributed by atoms with Crippen LogP contribution < -0.4 is 19.5 Å². The van der Waals surface area contributed by atoms with Gasteiger partial charge in [0.25, 0.3) is 5.91 Å². The third-order valence-electron chi connectivity index (χ3n) is 3.43. The number of carbonyl (C=O) groups excluding carboxylic acids is 1. The van der Waals surface area contributed by atoms with Crippen molar-refractivity contribution in [3.63, 3.8) is 0 Å². The van der Waals surface area contributed by atoms with Crippen LogP contribution in [0.1, 0.15) is 15.9 Å². The fourth-order valence-corrected chi connectivity index (χ4v) is 2.43. The van der Waals surface area contributed by atoms with Crippen LogP contribution in [0, 0.1) is 0 Å². The Morgan fingerprint density at radius 1 is 1.16 bits per heavy atom. The molecule has 1 aliphatic heterocycles. The third-order valence-corrected chi connectivity index (χ3v) is 3.66. The maximum absolute atomic E-state index is 12.4. The van der Waals surface area contributed by atoms with E-state index in [1.807, 2.05) is 6.07 Å². The SMILES string of the molecule is O=C(O)COc1cc(Cl)ccc1C(=O)NCc1ccc2c(c1)OCO2. The minimum absolute atomic E-state index is 0.109. The van der Waals surface area contributed by atoms with Gasteiger partial charge in [0.05, 0.1) is 5.56 Å². The van der Waals surface area contributed by atoms with Crippen molar-refractivity contribution in [2.45, 2.75) is 6.54 Å². The highest BCUT2D eigenvalue weighted by Gasteiger charge is 2.16. The second kappa shape index (κ2) is 7.31. The second-order valence-corrected chi connectivity index (χ2v) is 5.63. The molecule has 130 valence electrons. The molecule has 2 aromatic rings. The van der Waals surface area contributed by atoms with E-state index in [9.17, 15) is 9.59 Å². The van der Waals surface area contributed by atoms with E-state index < -0.39 is 18.5 Å². The summed E-state index contributed by atoms with van der Waals surface area (Å²) in [6.07, 6.45) is 0. The highest BCUT2D eigenvalue weighted by molar-refractivity contribution is 6.30. The molecule has 0 spiro atoms. The van der Waals surface area contributed by atoms with Gasteiger partial charge in [-0.3, -0.25) is 4.79 Å². The van der Waals surface area contributed by atoms with Crippen LogP contribution in [0.5, 0.6) is 17.2 Å². The van der Waals surface area contributed by atoms with Crippen molar-refractivity contribution in [2.75, 3.05) is 13.4 Å². The normalized spacial score (nSPS) is 11.9. The highest BCUT2D eigenvalue weighted by Crippen LogP contribution is 2.32. The summed E-state index contributed by atoms with van der Waals surface area (Å²) in [4.78, 5) is 23.1. The average molecular weight is 364 g/mol. The van der Waals surface area contributed by atoms with Crippen molar-refractivity contribution in [3.8, 4) is 17.2 Å². The number of carboxylic acid groups (broad SMARTS) is 1. The number of fused-ring (bicyclic) bond motifs is 1. The summed E-state index contributed by atoms with van der Waals surface area (Å²) in [5.74, 6) is -0.152. The molecule has 0 fully saturated rings. The number of benzene rings is 2. The van der Waals surface area contributed by atoms with Crippen LogP contribution in [0.15, 0.2) is 36.4 Å². The van der Waals surface area contributed by atoms with Gasteiger partial charge in [0.1, 0.15) is 5.75 Å². The molecule has 0 bridgehead atoms. The zero-order chi connectivity index (χ0) is 17.8. The first-order valence-electron chi connectivity index (χ1n) is 7.34. The molecule has 0 radical (unpaired) electrons. The first-order valence-corrected chi connectivity index (χ1v) is 7.71. The van der Waals surface area contributed by atoms with E-state index in [1.165, 1.54) is 18.2 Å². The molecule has 8 heteroatoms. The second-order valence-electron chi connectivity index (χ2n) is 5.19. The minimum atomic E-state index is -1.15. The number of rotatable bonds is 6. The Hall–Kier alpha value is -2.93. The summed E-state index contributed by atoms with van der Waals surface area (Å²) < 4.78 is 15.7. The van der Waals surface area contributed by atoms with E-state index >= 15 is 0 Å². The first-order chi connectivity index (χ1) is 12.0. The first kappa shape index (κ1) is 16.9. The maximum atomic E-state index is 12.4. The molecule has 3 rings (SSSR count). The van der Waals surface area contributed by atoms with E-state index in [0.29, 0.717) is 16.5 Å². The van der Waals surface area contributed by atoms with Crippen molar-refractivity contribution in [3.05, 3.63) is 52.5 Å². The van der Waals surface area contributed by atoms with Gasteiger partial charge in [-0.1, -0.05) is 17.7 Å².